The van der Waals surface area contributed by atoms with Crippen LogP contribution in [0.2, 0.25) is 5.02 Å². The number of nitrogens with zero attached hydrogens (tertiary/aromatic N) is 1. The van der Waals surface area contributed by atoms with Crippen LogP contribution in [0, 0.1) is 0 Å². The molecule has 0 unspecified atom stereocenters. The lowest BCUT2D eigenvalue weighted by Crippen LogP contribution is -2.40. The van der Waals surface area contributed by atoms with Gasteiger partial charge in [-0.05, 0) is 25.0 Å². The lowest BCUT2D eigenvalue weighted by molar-refractivity contribution is 0.186. The van der Waals surface area contributed by atoms with Gasteiger partial charge in [-0.3, -0.25) is 0 Å². The molecule has 4 nitrogen and oxygen atoms in total. The van der Waals surface area contributed by atoms with Crippen LogP contribution in [0.5, 0.6) is 5.75 Å². The molecule has 0 bridgehead atoms. The second kappa shape index (κ2) is 6.84. The van der Waals surface area contributed by atoms with Crippen LogP contribution in [0.4, 0.5) is 10.5 Å². The number of ether oxygens (including phenoxy) is 1. The van der Waals surface area contributed by atoms with Crippen LogP contribution in [-0.4, -0.2) is 31.1 Å². The molecule has 110 valence electrons. The van der Waals surface area contributed by atoms with Crippen molar-refractivity contribution in [3.05, 3.63) is 23.2 Å². The molecular formula is C15H21ClN2O2. The van der Waals surface area contributed by atoms with Gasteiger partial charge in [-0.2, -0.15) is 0 Å². The fourth-order valence-corrected chi connectivity index (χ4v) is 2.77. The first-order chi connectivity index (χ1) is 9.61. The van der Waals surface area contributed by atoms with Crippen LogP contribution in [0.25, 0.3) is 0 Å². The number of carbonyl (C=O) groups excluding carboxylic acids is 1. The van der Waals surface area contributed by atoms with Gasteiger partial charge in [-0.25, -0.2) is 4.79 Å². The normalized spacial score (nSPS) is 15.8. The molecule has 1 fully saturated rings. The van der Waals surface area contributed by atoms with Crippen molar-refractivity contribution in [3.8, 4) is 5.75 Å². The van der Waals surface area contributed by atoms with E-state index in [2.05, 4.69) is 5.32 Å². The molecule has 0 atom stereocenters. The summed E-state index contributed by atoms with van der Waals surface area (Å²) in [6.45, 7) is 0. The van der Waals surface area contributed by atoms with Gasteiger partial charge in [0.2, 0.25) is 0 Å². The summed E-state index contributed by atoms with van der Waals surface area (Å²) in [7, 11) is 3.42. The molecule has 20 heavy (non-hydrogen) atoms. The maximum absolute atomic E-state index is 12.3. The number of hydrogen-bond acceptors (Lipinski definition) is 2. The molecule has 0 spiro atoms. The molecule has 5 heteroatoms. The van der Waals surface area contributed by atoms with Gasteiger partial charge in [0.15, 0.2) is 0 Å². The number of methoxy groups -OCH3 is 1. The Bertz CT molecular complexity index is 473. The predicted molar refractivity (Wildman–Crippen MR) is 81.7 cm³/mol. The van der Waals surface area contributed by atoms with Crippen LogP contribution in [-0.2, 0) is 0 Å². The molecule has 0 heterocycles. The Morgan fingerprint density at radius 2 is 2.05 bits per heavy atom. The van der Waals surface area contributed by atoms with Gasteiger partial charge in [-0.1, -0.05) is 30.9 Å². The number of benzene rings is 1. The van der Waals surface area contributed by atoms with Crippen molar-refractivity contribution >= 4 is 23.3 Å². The van der Waals surface area contributed by atoms with E-state index in [1.165, 1.54) is 19.3 Å². The SMILES string of the molecule is COc1cc(Cl)ccc1NC(=O)N(C)C1CCCCC1. The van der Waals surface area contributed by atoms with Crippen molar-refractivity contribution in [3.63, 3.8) is 0 Å². The average molecular weight is 297 g/mol. The van der Waals surface area contributed by atoms with E-state index < -0.39 is 0 Å². The van der Waals surface area contributed by atoms with E-state index in [0.717, 1.165) is 12.8 Å². The fraction of sp³-hybridized carbons (Fsp3) is 0.533. The van der Waals surface area contributed by atoms with Crippen LogP contribution >= 0.6 is 11.6 Å². The number of anilines is 1. The van der Waals surface area contributed by atoms with Gasteiger partial charge >= 0.3 is 6.03 Å². The van der Waals surface area contributed by atoms with Gasteiger partial charge in [0.25, 0.3) is 0 Å². The monoisotopic (exact) mass is 296 g/mol. The van der Waals surface area contributed by atoms with E-state index in [-0.39, 0.29) is 6.03 Å². The summed E-state index contributed by atoms with van der Waals surface area (Å²) < 4.78 is 5.23. The minimum Gasteiger partial charge on any atom is -0.495 e. The van der Waals surface area contributed by atoms with Crippen molar-refractivity contribution < 1.29 is 9.53 Å². The number of halogens is 1. The van der Waals surface area contributed by atoms with Gasteiger partial charge < -0.3 is 15.0 Å². The third-order valence-corrected chi connectivity index (χ3v) is 4.08. The summed E-state index contributed by atoms with van der Waals surface area (Å²) in [5.74, 6) is 0.572. The summed E-state index contributed by atoms with van der Waals surface area (Å²) >= 11 is 5.91. The number of nitrogens with one attached hydrogen (secondary N) is 1. The second-order valence-electron chi connectivity index (χ2n) is 5.18. The van der Waals surface area contributed by atoms with Crippen molar-refractivity contribution in [1.82, 2.24) is 4.90 Å². The van der Waals surface area contributed by atoms with Gasteiger partial charge in [-0.15, -0.1) is 0 Å². The predicted octanol–water partition coefficient (Wildman–Crippen LogP) is 4.15. The molecule has 2 amide bonds. The highest BCUT2D eigenvalue weighted by Crippen LogP contribution is 2.28. The van der Waals surface area contributed by atoms with Crippen molar-refractivity contribution in [2.24, 2.45) is 0 Å². The molecule has 1 aromatic carbocycles. The van der Waals surface area contributed by atoms with E-state index in [4.69, 9.17) is 16.3 Å². The number of hydrogen-bond donors (Lipinski definition) is 1. The lowest BCUT2D eigenvalue weighted by atomic mass is 9.95. The van der Waals surface area contributed by atoms with Crippen molar-refractivity contribution in [2.75, 3.05) is 19.5 Å². The first-order valence-electron chi connectivity index (χ1n) is 6.99. The quantitative estimate of drug-likeness (QED) is 0.910. The highest BCUT2D eigenvalue weighted by atomic mass is 35.5. The molecule has 0 aromatic heterocycles. The summed E-state index contributed by atoms with van der Waals surface area (Å²) in [6, 6.07) is 5.42. The van der Waals surface area contributed by atoms with Gasteiger partial charge in [0.1, 0.15) is 5.75 Å². The van der Waals surface area contributed by atoms with Crippen molar-refractivity contribution in [1.29, 1.82) is 0 Å². The van der Waals surface area contributed by atoms with E-state index in [1.807, 2.05) is 7.05 Å². The molecule has 2 rings (SSSR count). The van der Waals surface area contributed by atoms with Crippen LogP contribution in [0.1, 0.15) is 32.1 Å². The van der Waals surface area contributed by atoms with Crippen LogP contribution in [0.15, 0.2) is 18.2 Å². The maximum atomic E-state index is 12.3. The number of amides is 2. The topological polar surface area (TPSA) is 41.6 Å². The zero-order valence-electron chi connectivity index (χ0n) is 12.0. The Kier molecular flexibility index (Phi) is 5.12. The van der Waals surface area contributed by atoms with Crippen LogP contribution < -0.4 is 10.1 Å². The Morgan fingerprint density at radius 3 is 2.70 bits per heavy atom. The van der Waals surface area contributed by atoms with E-state index in [1.54, 1.807) is 30.2 Å². The number of carbonyl (C=O) groups is 1. The standard InChI is InChI=1S/C15H21ClN2O2/c1-18(12-6-4-3-5-7-12)15(19)17-13-9-8-11(16)10-14(13)20-2/h8-10,12H,3-7H2,1-2H3,(H,17,19). The second-order valence-corrected chi connectivity index (χ2v) is 5.61. The van der Waals surface area contributed by atoms with E-state index in [0.29, 0.717) is 22.5 Å². The molecule has 1 aromatic rings. The van der Waals surface area contributed by atoms with E-state index >= 15 is 0 Å². The summed E-state index contributed by atoms with van der Waals surface area (Å²) in [4.78, 5) is 14.1. The summed E-state index contributed by atoms with van der Waals surface area (Å²) in [5.41, 5.74) is 0.643. The largest absolute Gasteiger partial charge is 0.495 e. The molecular weight excluding hydrogens is 276 g/mol. The number of rotatable bonds is 3. The lowest BCUT2D eigenvalue weighted by Gasteiger charge is -2.31. The van der Waals surface area contributed by atoms with Gasteiger partial charge in [0.05, 0.1) is 12.8 Å². The Labute approximate surface area is 125 Å². The van der Waals surface area contributed by atoms with Crippen LogP contribution in [0.3, 0.4) is 0 Å². The zero-order valence-corrected chi connectivity index (χ0v) is 12.7. The minimum atomic E-state index is -0.0995. The molecule has 1 aliphatic rings. The third-order valence-electron chi connectivity index (χ3n) is 3.85. The Morgan fingerprint density at radius 1 is 1.35 bits per heavy atom. The Balaban J connectivity index is 2.03. The number of urea groups is 1. The molecule has 0 saturated heterocycles. The molecule has 0 radical (unpaired) electrons. The minimum absolute atomic E-state index is 0.0995. The average Bonchev–Trinajstić information content (AvgIpc) is 2.49. The van der Waals surface area contributed by atoms with Crippen molar-refractivity contribution in [2.45, 2.75) is 38.1 Å². The zero-order chi connectivity index (χ0) is 14.5. The molecule has 1 N–H and O–H groups in total. The molecule has 1 saturated carbocycles. The maximum Gasteiger partial charge on any atom is 0.321 e. The summed E-state index contributed by atoms with van der Waals surface area (Å²) in [6.07, 6.45) is 5.85. The first kappa shape index (κ1) is 15.0. The van der Waals surface area contributed by atoms with Gasteiger partial charge in [0, 0.05) is 24.2 Å². The fourth-order valence-electron chi connectivity index (χ4n) is 2.61. The Hall–Kier alpha value is -1.42. The molecule has 0 aliphatic heterocycles. The smallest absolute Gasteiger partial charge is 0.321 e. The first-order valence-corrected chi connectivity index (χ1v) is 7.37. The third kappa shape index (κ3) is 3.57. The highest BCUT2D eigenvalue weighted by molar-refractivity contribution is 6.30. The van der Waals surface area contributed by atoms with E-state index in [9.17, 15) is 4.79 Å². The highest BCUT2D eigenvalue weighted by Gasteiger charge is 2.22. The summed E-state index contributed by atoms with van der Waals surface area (Å²) in [5, 5.41) is 3.47. The molecule has 1 aliphatic carbocycles.